The van der Waals surface area contributed by atoms with Gasteiger partial charge >= 0.3 is 0 Å². The number of nitrogens with one attached hydrogen (secondary N) is 1. The molecule has 0 amide bonds. The van der Waals surface area contributed by atoms with E-state index in [9.17, 15) is 0 Å². The van der Waals surface area contributed by atoms with Gasteiger partial charge in [0.15, 0.2) is 0 Å². The van der Waals surface area contributed by atoms with Gasteiger partial charge in [-0.25, -0.2) is 0 Å². The highest BCUT2D eigenvalue weighted by atomic mass is 14.9. The Morgan fingerprint density at radius 2 is 1.69 bits per heavy atom. The van der Waals surface area contributed by atoms with Crippen LogP contribution in [0.5, 0.6) is 0 Å². The Kier molecular flexibility index (Phi) is 5.01. The first kappa shape index (κ1) is 13.2. The average Bonchev–Trinajstić information content (AvgIpc) is 2.21. The zero-order valence-electron chi connectivity index (χ0n) is 11.3. The van der Waals surface area contributed by atoms with Crippen LogP contribution in [0.2, 0.25) is 0 Å². The zero-order valence-corrected chi connectivity index (χ0v) is 11.3. The van der Waals surface area contributed by atoms with Gasteiger partial charge < -0.3 is 5.32 Å². The number of rotatable bonds is 5. The summed E-state index contributed by atoms with van der Waals surface area (Å²) in [6, 6.07) is 7.06. The Bertz CT molecular complexity index is 308. The van der Waals surface area contributed by atoms with E-state index in [4.69, 9.17) is 0 Å². The highest BCUT2D eigenvalue weighted by molar-refractivity contribution is 5.36. The molecule has 0 aliphatic rings. The van der Waals surface area contributed by atoms with Crippen molar-refractivity contribution >= 4 is 0 Å². The molecule has 0 spiro atoms. The Balaban J connectivity index is 3.00. The summed E-state index contributed by atoms with van der Waals surface area (Å²) in [5.74, 6) is 0.631. The van der Waals surface area contributed by atoms with Crippen molar-refractivity contribution in [2.24, 2.45) is 5.92 Å². The second-order valence-electron chi connectivity index (χ2n) is 4.98. The molecule has 0 saturated heterocycles. The summed E-state index contributed by atoms with van der Waals surface area (Å²) < 4.78 is 0. The van der Waals surface area contributed by atoms with Crippen LogP contribution in [0.25, 0.3) is 0 Å². The van der Waals surface area contributed by atoms with Crippen LogP contribution >= 0.6 is 0 Å². The lowest BCUT2D eigenvalue weighted by atomic mass is 9.89. The van der Waals surface area contributed by atoms with E-state index < -0.39 is 0 Å². The average molecular weight is 219 g/mol. The Morgan fingerprint density at radius 3 is 2.12 bits per heavy atom. The molecule has 1 nitrogen and oxygen atoms in total. The first-order chi connectivity index (χ1) is 7.57. The van der Waals surface area contributed by atoms with E-state index in [-0.39, 0.29) is 0 Å². The molecule has 90 valence electrons. The lowest BCUT2D eigenvalue weighted by Gasteiger charge is -2.26. The molecule has 1 aromatic carbocycles. The summed E-state index contributed by atoms with van der Waals surface area (Å²) >= 11 is 0. The monoisotopic (exact) mass is 219 g/mol. The van der Waals surface area contributed by atoms with Crippen molar-refractivity contribution < 1.29 is 0 Å². The first-order valence-corrected chi connectivity index (χ1v) is 6.37. The third-order valence-corrected chi connectivity index (χ3v) is 3.13. The molecule has 1 atom stereocenters. The minimum atomic E-state index is 0.487. The van der Waals surface area contributed by atoms with E-state index >= 15 is 0 Å². The fourth-order valence-electron chi connectivity index (χ4n) is 2.29. The predicted octanol–water partition coefficient (Wildman–Crippen LogP) is 4.00. The normalized spacial score (nSPS) is 13.1. The van der Waals surface area contributed by atoms with Crippen molar-refractivity contribution in [1.82, 2.24) is 5.32 Å². The van der Waals surface area contributed by atoms with Gasteiger partial charge in [0, 0.05) is 6.04 Å². The summed E-state index contributed by atoms with van der Waals surface area (Å²) in [5, 5.41) is 3.67. The molecular formula is C15H25N. The maximum Gasteiger partial charge on any atom is 0.0348 e. The Morgan fingerprint density at radius 1 is 1.12 bits per heavy atom. The van der Waals surface area contributed by atoms with Crippen molar-refractivity contribution in [2.75, 3.05) is 6.54 Å². The molecule has 0 bridgehead atoms. The van der Waals surface area contributed by atoms with E-state index in [1.165, 1.54) is 23.1 Å². The lowest BCUT2D eigenvalue weighted by molar-refractivity contribution is 0.410. The van der Waals surface area contributed by atoms with Crippen molar-refractivity contribution in [2.45, 2.75) is 47.1 Å². The molecule has 0 heterocycles. The van der Waals surface area contributed by atoms with Crippen LogP contribution in [-0.2, 0) is 0 Å². The van der Waals surface area contributed by atoms with E-state index in [0.29, 0.717) is 12.0 Å². The van der Waals surface area contributed by atoms with E-state index in [1.54, 1.807) is 0 Å². The van der Waals surface area contributed by atoms with Gasteiger partial charge in [0.2, 0.25) is 0 Å². The summed E-state index contributed by atoms with van der Waals surface area (Å²) in [4.78, 5) is 0. The van der Waals surface area contributed by atoms with Crippen molar-refractivity contribution in [3.63, 3.8) is 0 Å². The highest BCUT2D eigenvalue weighted by Gasteiger charge is 2.18. The van der Waals surface area contributed by atoms with Crippen LogP contribution in [0.15, 0.2) is 18.2 Å². The molecule has 0 aromatic heterocycles. The molecule has 1 heteroatoms. The third-order valence-electron chi connectivity index (χ3n) is 3.13. The van der Waals surface area contributed by atoms with Gasteiger partial charge in [-0.1, -0.05) is 39.0 Å². The van der Waals surface area contributed by atoms with Crippen molar-refractivity contribution in [3.05, 3.63) is 34.9 Å². The fraction of sp³-hybridized carbons (Fsp3) is 0.600. The second-order valence-corrected chi connectivity index (χ2v) is 4.98. The standard InChI is InChI=1S/C15H25N/c1-6-10-16-15(11(2)3)14-12(4)8-7-9-13(14)5/h7-9,11,15-16H,6,10H2,1-5H3. The van der Waals surface area contributed by atoms with Crippen LogP contribution in [0, 0.1) is 19.8 Å². The van der Waals surface area contributed by atoms with Crippen LogP contribution < -0.4 is 5.32 Å². The van der Waals surface area contributed by atoms with Crippen LogP contribution in [0.4, 0.5) is 0 Å². The van der Waals surface area contributed by atoms with E-state index in [0.717, 1.165) is 6.54 Å². The fourth-order valence-corrected chi connectivity index (χ4v) is 2.29. The lowest BCUT2D eigenvalue weighted by Crippen LogP contribution is -2.27. The third kappa shape index (κ3) is 3.08. The van der Waals surface area contributed by atoms with Crippen LogP contribution in [-0.4, -0.2) is 6.54 Å². The van der Waals surface area contributed by atoms with Gasteiger partial charge in [0.1, 0.15) is 0 Å². The van der Waals surface area contributed by atoms with Gasteiger partial charge in [0.05, 0.1) is 0 Å². The molecule has 0 radical (unpaired) electrons. The minimum absolute atomic E-state index is 0.487. The summed E-state index contributed by atoms with van der Waals surface area (Å²) in [6.45, 7) is 12.3. The molecule has 0 fully saturated rings. The van der Waals surface area contributed by atoms with E-state index in [2.05, 4.69) is 58.1 Å². The smallest absolute Gasteiger partial charge is 0.0348 e. The highest BCUT2D eigenvalue weighted by Crippen LogP contribution is 2.27. The summed E-state index contributed by atoms with van der Waals surface area (Å²) in [5.41, 5.74) is 4.30. The van der Waals surface area contributed by atoms with Crippen molar-refractivity contribution in [1.29, 1.82) is 0 Å². The van der Waals surface area contributed by atoms with Gasteiger partial charge in [-0.3, -0.25) is 0 Å². The minimum Gasteiger partial charge on any atom is -0.310 e. The number of hydrogen-bond donors (Lipinski definition) is 1. The maximum absolute atomic E-state index is 3.67. The molecule has 0 aliphatic carbocycles. The molecular weight excluding hydrogens is 194 g/mol. The summed E-state index contributed by atoms with van der Waals surface area (Å²) in [7, 11) is 0. The van der Waals surface area contributed by atoms with Crippen molar-refractivity contribution in [3.8, 4) is 0 Å². The SMILES string of the molecule is CCCNC(c1c(C)cccc1C)C(C)C. The molecule has 16 heavy (non-hydrogen) atoms. The second kappa shape index (κ2) is 6.05. The molecule has 1 N–H and O–H groups in total. The van der Waals surface area contributed by atoms with Crippen LogP contribution in [0.3, 0.4) is 0 Å². The molecule has 0 aliphatic heterocycles. The van der Waals surface area contributed by atoms with E-state index in [1.807, 2.05) is 0 Å². The number of benzene rings is 1. The van der Waals surface area contributed by atoms with Gasteiger partial charge in [-0.05, 0) is 49.4 Å². The van der Waals surface area contributed by atoms with Gasteiger partial charge in [-0.2, -0.15) is 0 Å². The predicted molar refractivity (Wildman–Crippen MR) is 71.8 cm³/mol. The molecule has 1 aromatic rings. The topological polar surface area (TPSA) is 12.0 Å². The van der Waals surface area contributed by atoms with Gasteiger partial charge in [0.25, 0.3) is 0 Å². The quantitative estimate of drug-likeness (QED) is 0.789. The molecule has 1 rings (SSSR count). The zero-order chi connectivity index (χ0) is 12.1. The summed E-state index contributed by atoms with van der Waals surface area (Å²) in [6.07, 6.45) is 1.19. The Labute approximate surface area is 100 Å². The first-order valence-electron chi connectivity index (χ1n) is 6.37. The van der Waals surface area contributed by atoms with Crippen LogP contribution in [0.1, 0.15) is 49.9 Å². The number of hydrogen-bond acceptors (Lipinski definition) is 1. The molecule has 1 unspecified atom stereocenters. The molecule has 0 saturated carbocycles. The largest absolute Gasteiger partial charge is 0.310 e. The maximum atomic E-state index is 3.67. The number of aryl methyl sites for hydroxylation is 2. The van der Waals surface area contributed by atoms with Gasteiger partial charge in [-0.15, -0.1) is 0 Å². The Hall–Kier alpha value is -0.820.